The molecule has 186 valence electrons. The molecule has 10 nitrogen and oxygen atoms in total. The van der Waals surface area contributed by atoms with E-state index in [1.807, 2.05) is 32.0 Å². The van der Waals surface area contributed by atoms with Gasteiger partial charge in [-0.05, 0) is 75.7 Å². The predicted molar refractivity (Wildman–Crippen MR) is 135 cm³/mol. The number of ether oxygens (including phenoxy) is 1. The third kappa shape index (κ3) is 6.05. The van der Waals surface area contributed by atoms with Crippen LogP contribution in [0, 0.1) is 27.7 Å². The van der Waals surface area contributed by atoms with E-state index < -0.39 is 15.9 Å². The van der Waals surface area contributed by atoms with Crippen LogP contribution in [-0.4, -0.2) is 34.1 Å². The minimum atomic E-state index is -3.89. The highest BCUT2D eigenvalue weighted by Crippen LogP contribution is 2.20. The average Bonchev–Trinajstić information content (AvgIpc) is 3.27. The van der Waals surface area contributed by atoms with Gasteiger partial charge in [0.2, 0.25) is 5.95 Å². The van der Waals surface area contributed by atoms with Crippen LogP contribution < -0.4 is 14.8 Å². The summed E-state index contributed by atoms with van der Waals surface area (Å²) in [5, 5.41) is 6.95. The molecular formula is C25H26N6O4S. The van der Waals surface area contributed by atoms with E-state index >= 15 is 0 Å². The lowest BCUT2D eigenvalue weighted by Gasteiger charge is -2.10. The number of sulfonamides is 1. The van der Waals surface area contributed by atoms with E-state index in [1.54, 1.807) is 32.2 Å². The molecule has 11 heteroatoms. The van der Waals surface area contributed by atoms with E-state index in [0.29, 0.717) is 17.1 Å². The fourth-order valence-electron chi connectivity index (χ4n) is 3.51. The molecule has 1 amide bonds. The number of amides is 1. The van der Waals surface area contributed by atoms with Crippen LogP contribution in [0.5, 0.6) is 5.75 Å². The lowest BCUT2D eigenvalue weighted by Crippen LogP contribution is -2.16. The quantitative estimate of drug-likeness (QED) is 0.370. The van der Waals surface area contributed by atoms with Crippen LogP contribution in [0.4, 0.5) is 11.6 Å². The van der Waals surface area contributed by atoms with Gasteiger partial charge in [-0.3, -0.25) is 4.79 Å². The van der Waals surface area contributed by atoms with Crippen LogP contribution in [0.25, 0.3) is 0 Å². The number of anilines is 2. The van der Waals surface area contributed by atoms with Gasteiger partial charge in [-0.1, -0.05) is 17.7 Å². The Morgan fingerprint density at radius 2 is 1.64 bits per heavy atom. The molecule has 2 aromatic heterocycles. The van der Waals surface area contributed by atoms with Gasteiger partial charge in [-0.25, -0.2) is 27.8 Å². The second-order valence-electron chi connectivity index (χ2n) is 8.34. The van der Waals surface area contributed by atoms with Crippen LogP contribution in [0.15, 0.2) is 65.7 Å². The fourth-order valence-corrected chi connectivity index (χ4v) is 4.46. The van der Waals surface area contributed by atoms with Crippen molar-refractivity contribution in [1.29, 1.82) is 0 Å². The van der Waals surface area contributed by atoms with Gasteiger partial charge in [0.15, 0.2) is 12.4 Å². The van der Waals surface area contributed by atoms with Crippen molar-refractivity contribution in [3.05, 3.63) is 89.0 Å². The lowest BCUT2D eigenvalue weighted by molar-refractivity contribution is 0.102. The Balaban J connectivity index is 1.37. The second kappa shape index (κ2) is 10.2. The van der Waals surface area contributed by atoms with Crippen LogP contribution in [-0.2, 0) is 16.8 Å². The maximum atomic E-state index is 12.7. The highest BCUT2D eigenvalue weighted by molar-refractivity contribution is 7.92. The average molecular weight is 507 g/mol. The molecule has 4 rings (SSSR count). The van der Waals surface area contributed by atoms with Crippen LogP contribution in [0.2, 0.25) is 0 Å². The number of nitrogens with one attached hydrogen (secondary N) is 2. The maximum Gasteiger partial charge on any atom is 0.276 e. The van der Waals surface area contributed by atoms with Gasteiger partial charge < -0.3 is 10.1 Å². The molecule has 0 aliphatic heterocycles. The first-order chi connectivity index (χ1) is 17.1. The molecule has 4 aromatic rings. The molecule has 0 atom stereocenters. The van der Waals surface area contributed by atoms with Gasteiger partial charge in [0, 0.05) is 23.3 Å². The first kappa shape index (κ1) is 24.9. The van der Waals surface area contributed by atoms with E-state index in [0.717, 1.165) is 16.9 Å². The summed E-state index contributed by atoms with van der Waals surface area (Å²) in [4.78, 5) is 20.8. The largest absolute Gasteiger partial charge is 0.471 e. The Bertz CT molecular complexity index is 1490. The molecule has 0 saturated carbocycles. The minimum absolute atomic E-state index is 0.00184. The summed E-state index contributed by atoms with van der Waals surface area (Å²) in [7, 11) is -3.89. The maximum absolute atomic E-state index is 12.7. The van der Waals surface area contributed by atoms with Gasteiger partial charge >= 0.3 is 0 Å². The van der Waals surface area contributed by atoms with E-state index in [2.05, 4.69) is 25.1 Å². The van der Waals surface area contributed by atoms with Gasteiger partial charge in [0.05, 0.1) is 4.90 Å². The van der Waals surface area contributed by atoms with Crippen molar-refractivity contribution >= 4 is 27.6 Å². The van der Waals surface area contributed by atoms with E-state index in [-0.39, 0.29) is 23.3 Å². The molecule has 2 aromatic carbocycles. The molecule has 0 aliphatic carbocycles. The summed E-state index contributed by atoms with van der Waals surface area (Å²) in [5.74, 6) is 0.315. The number of carbonyl (C=O) groups is 1. The SMILES string of the molecule is Cc1ccc(OCn2ccc(C(=O)Nc3ccc(S(=O)(=O)Nc4nc(C)cc(C)n4)cc3)n2)c(C)c1. The Morgan fingerprint density at radius 3 is 2.31 bits per heavy atom. The minimum Gasteiger partial charge on any atom is -0.471 e. The molecule has 36 heavy (non-hydrogen) atoms. The molecule has 0 saturated heterocycles. The number of hydrogen-bond acceptors (Lipinski definition) is 7. The second-order valence-corrected chi connectivity index (χ2v) is 10.0. The van der Waals surface area contributed by atoms with Crippen LogP contribution in [0.1, 0.15) is 33.0 Å². The first-order valence-corrected chi connectivity index (χ1v) is 12.6. The number of hydrogen-bond donors (Lipinski definition) is 2. The Morgan fingerprint density at radius 1 is 0.944 bits per heavy atom. The van der Waals surface area contributed by atoms with Crippen LogP contribution >= 0.6 is 0 Å². The zero-order valence-corrected chi connectivity index (χ0v) is 21.1. The monoisotopic (exact) mass is 506 g/mol. The van der Waals surface area contributed by atoms with Gasteiger partial charge in [-0.15, -0.1) is 0 Å². The first-order valence-electron chi connectivity index (χ1n) is 11.1. The third-order valence-corrected chi connectivity index (χ3v) is 6.53. The lowest BCUT2D eigenvalue weighted by atomic mass is 10.1. The summed E-state index contributed by atoms with van der Waals surface area (Å²) in [6.45, 7) is 7.64. The molecule has 0 bridgehead atoms. The highest BCUT2D eigenvalue weighted by atomic mass is 32.2. The summed E-state index contributed by atoms with van der Waals surface area (Å²) < 4.78 is 35.0. The van der Waals surface area contributed by atoms with Crippen molar-refractivity contribution in [3.8, 4) is 5.75 Å². The normalized spacial score (nSPS) is 11.2. The van der Waals surface area contributed by atoms with Crippen LogP contribution in [0.3, 0.4) is 0 Å². The van der Waals surface area contributed by atoms with Crippen molar-refractivity contribution < 1.29 is 17.9 Å². The van der Waals surface area contributed by atoms with Crippen molar-refractivity contribution in [2.75, 3.05) is 10.0 Å². The Kier molecular flexibility index (Phi) is 7.02. The number of aromatic nitrogens is 4. The smallest absolute Gasteiger partial charge is 0.276 e. The fraction of sp³-hybridized carbons (Fsp3) is 0.200. The summed E-state index contributed by atoms with van der Waals surface area (Å²) in [6.07, 6.45) is 1.65. The molecule has 2 N–H and O–H groups in total. The molecule has 0 radical (unpaired) electrons. The molecule has 0 aliphatic rings. The Labute approximate surface area is 209 Å². The van der Waals surface area contributed by atoms with Crippen molar-refractivity contribution in [3.63, 3.8) is 0 Å². The summed E-state index contributed by atoms with van der Waals surface area (Å²) in [6, 6.07) is 15.0. The predicted octanol–water partition coefficient (Wildman–Crippen LogP) is 4.00. The van der Waals surface area contributed by atoms with Gasteiger partial charge in [0.25, 0.3) is 15.9 Å². The zero-order chi connectivity index (χ0) is 25.9. The standard InChI is InChI=1S/C25H26N6O4S/c1-16-5-10-23(17(2)13-16)35-15-31-12-11-22(29-31)24(32)28-20-6-8-21(9-7-20)36(33,34)30-25-26-18(3)14-19(4)27-25/h5-14H,15H2,1-4H3,(H,28,32)(H,26,27,30). The molecular weight excluding hydrogens is 480 g/mol. The molecule has 0 fully saturated rings. The van der Waals surface area contributed by atoms with E-state index in [1.165, 1.54) is 28.9 Å². The van der Waals surface area contributed by atoms with Gasteiger partial charge in [0.1, 0.15) is 5.75 Å². The number of aryl methyl sites for hydroxylation is 4. The number of rotatable bonds is 8. The van der Waals surface area contributed by atoms with E-state index in [4.69, 9.17) is 4.74 Å². The van der Waals surface area contributed by atoms with E-state index in [9.17, 15) is 13.2 Å². The number of carbonyl (C=O) groups excluding carboxylic acids is 1. The summed E-state index contributed by atoms with van der Waals surface area (Å²) in [5.41, 5.74) is 4.08. The van der Waals surface area contributed by atoms with Crippen molar-refractivity contribution in [2.45, 2.75) is 39.3 Å². The number of nitrogens with zero attached hydrogens (tertiary/aromatic N) is 4. The Hall–Kier alpha value is -4.25. The zero-order valence-electron chi connectivity index (χ0n) is 20.3. The number of benzene rings is 2. The molecule has 0 unspecified atom stereocenters. The van der Waals surface area contributed by atoms with Gasteiger partial charge in [-0.2, -0.15) is 5.10 Å². The topological polar surface area (TPSA) is 128 Å². The molecule has 0 spiro atoms. The third-order valence-electron chi connectivity index (χ3n) is 5.19. The van der Waals surface area contributed by atoms with Crippen molar-refractivity contribution in [2.24, 2.45) is 0 Å². The highest BCUT2D eigenvalue weighted by Gasteiger charge is 2.17. The molecule has 2 heterocycles. The van der Waals surface area contributed by atoms with Crippen molar-refractivity contribution in [1.82, 2.24) is 19.7 Å². The summed E-state index contributed by atoms with van der Waals surface area (Å²) >= 11 is 0.